The lowest BCUT2D eigenvalue weighted by Gasteiger charge is -2.21. The Morgan fingerprint density at radius 3 is 2.65 bits per heavy atom. The summed E-state index contributed by atoms with van der Waals surface area (Å²) >= 11 is 0. The first-order chi connectivity index (χ1) is 9.37. The Kier molecular flexibility index (Phi) is 4.08. The van der Waals surface area contributed by atoms with Gasteiger partial charge in [-0.05, 0) is 45.1 Å². The molecule has 0 saturated carbocycles. The van der Waals surface area contributed by atoms with Gasteiger partial charge in [-0.1, -0.05) is 12.1 Å². The van der Waals surface area contributed by atoms with Crippen molar-refractivity contribution in [3.05, 3.63) is 42.0 Å². The van der Waals surface area contributed by atoms with E-state index in [4.69, 9.17) is 9.42 Å². The SMILES string of the molecule is C/C(=N\c1c(C)cccc1O[Si](C)(C)C)c1c[nH]cn1. The molecule has 0 spiro atoms. The van der Waals surface area contributed by atoms with Crippen LogP contribution in [0.15, 0.2) is 35.7 Å². The maximum Gasteiger partial charge on any atom is 0.242 e. The number of aromatic amines is 1. The van der Waals surface area contributed by atoms with Gasteiger partial charge in [0.15, 0.2) is 0 Å². The number of hydrogen-bond acceptors (Lipinski definition) is 3. The first kappa shape index (κ1) is 14.5. The van der Waals surface area contributed by atoms with Crippen molar-refractivity contribution in [3.63, 3.8) is 0 Å². The van der Waals surface area contributed by atoms with Gasteiger partial charge in [0.1, 0.15) is 17.1 Å². The number of aliphatic imine (C=N–C) groups is 1. The second-order valence-corrected chi connectivity index (χ2v) is 10.2. The second kappa shape index (κ2) is 5.62. The van der Waals surface area contributed by atoms with Gasteiger partial charge in [-0.15, -0.1) is 0 Å². The molecule has 0 aliphatic rings. The van der Waals surface area contributed by atoms with Crippen LogP contribution in [0, 0.1) is 6.92 Å². The van der Waals surface area contributed by atoms with Gasteiger partial charge in [0.05, 0.1) is 12.0 Å². The Morgan fingerprint density at radius 1 is 1.30 bits per heavy atom. The number of imidazole rings is 1. The topological polar surface area (TPSA) is 50.3 Å². The largest absolute Gasteiger partial charge is 0.543 e. The average molecular weight is 287 g/mol. The van der Waals surface area contributed by atoms with E-state index in [1.807, 2.05) is 38.2 Å². The molecule has 2 rings (SSSR count). The fourth-order valence-corrected chi connectivity index (χ4v) is 2.70. The van der Waals surface area contributed by atoms with Gasteiger partial charge < -0.3 is 9.41 Å². The van der Waals surface area contributed by atoms with Gasteiger partial charge in [0.2, 0.25) is 8.32 Å². The van der Waals surface area contributed by atoms with Crippen molar-refractivity contribution >= 4 is 19.7 Å². The highest BCUT2D eigenvalue weighted by Gasteiger charge is 2.19. The van der Waals surface area contributed by atoms with Gasteiger partial charge in [-0.25, -0.2) is 9.98 Å². The zero-order valence-electron chi connectivity index (χ0n) is 12.7. The molecule has 0 saturated heterocycles. The quantitative estimate of drug-likeness (QED) is 0.680. The van der Waals surface area contributed by atoms with Crippen molar-refractivity contribution in [2.24, 2.45) is 4.99 Å². The minimum absolute atomic E-state index is 0.854. The number of hydrogen-bond donors (Lipinski definition) is 1. The van der Waals surface area contributed by atoms with Crippen LogP contribution in [0.4, 0.5) is 5.69 Å². The monoisotopic (exact) mass is 287 g/mol. The van der Waals surface area contributed by atoms with Crippen molar-refractivity contribution in [1.82, 2.24) is 9.97 Å². The number of benzene rings is 1. The summed E-state index contributed by atoms with van der Waals surface area (Å²) in [5.41, 5.74) is 3.74. The first-order valence-corrected chi connectivity index (χ1v) is 10.1. The summed E-state index contributed by atoms with van der Waals surface area (Å²) < 4.78 is 6.14. The van der Waals surface area contributed by atoms with Crippen molar-refractivity contribution in [3.8, 4) is 5.75 Å². The van der Waals surface area contributed by atoms with Crippen LogP contribution in [0.3, 0.4) is 0 Å². The molecule has 1 heterocycles. The Balaban J connectivity index is 2.43. The van der Waals surface area contributed by atoms with E-state index in [9.17, 15) is 0 Å². The molecule has 2 aromatic rings. The molecule has 0 bridgehead atoms. The number of nitrogens with one attached hydrogen (secondary N) is 1. The van der Waals surface area contributed by atoms with Crippen LogP contribution in [0.5, 0.6) is 5.75 Å². The van der Waals surface area contributed by atoms with E-state index in [-0.39, 0.29) is 0 Å². The van der Waals surface area contributed by atoms with Gasteiger partial charge in [-0.2, -0.15) is 0 Å². The lowest BCUT2D eigenvalue weighted by atomic mass is 10.2. The summed E-state index contributed by atoms with van der Waals surface area (Å²) in [6, 6.07) is 6.04. The molecule has 1 N–H and O–H groups in total. The van der Waals surface area contributed by atoms with Gasteiger partial charge in [0.25, 0.3) is 0 Å². The fraction of sp³-hybridized carbons (Fsp3) is 0.333. The first-order valence-electron chi connectivity index (χ1n) is 6.70. The highest BCUT2D eigenvalue weighted by Crippen LogP contribution is 2.33. The average Bonchev–Trinajstić information content (AvgIpc) is 2.85. The van der Waals surface area contributed by atoms with Crippen LogP contribution in [0.25, 0.3) is 0 Å². The predicted molar refractivity (Wildman–Crippen MR) is 85.6 cm³/mol. The third-order valence-electron chi connectivity index (χ3n) is 2.77. The Bertz CT molecular complexity index is 613. The number of H-pyrrole nitrogens is 1. The van der Waals surface area contributed by atoms with Gasteiger partial charge in [-0.3, -0.25) is 0 Å². The Hall–Kier alpha value is -1.88. The molecule has 0 fully saturated rings. The van der Waals surface area contributed by atoms with Crippen LogP contribution in [-0.2, 0) is 0 Å². The van der Waals surface area contributed by atoms with Crippen LogP contribution in [0.1, 0.15) is 18.2 Å². The number of rotatable bonds is 4. The van der Waals surface area contributed by atoms with E-state index in [0.717, 1.165) is 28.4 Å². The molecule has 5 heteroatoms. The molecule has 0 aliphatic heterocycles. The van der Waals surface area contributed by atoms with E-state index < -0.39 is 8.32 Å². The highest BCUT2D eigenvalue weighted by atomic mass is 28.4. The summed E-state index contributed by atoms with van der Waals surface area (Å²) in [5, 5.41) is 0. The van der Waals surface area contributed by atoms with E-state index in [1.54, 1.807) is 6.33 Å². The van der Waals surface area contributed by atoms with E-state index >= 15 is 0 Å². The molecule has 0 radical (unpaired) electrons. The van der Waals surface area contributed by atoms with Crippen LogP contribution >= 0.6 is 0 Å². The van der Waals surface area contributed by atoms with E-state index in [0.29, 0.717) is 0 Å². The summed E-state index contributed by atoms with van der Waals surface area (Å²) in [5.74, 6) is 0.860. The standard InChI is InChI=1S/C15H21N3OSi/c1-11-7-6-8-14(19-20(3,4)5)15(11)18-12(2)13-9-16-10-17-13/h6-10H,1-5H3,(H,16,17)/b18-12+. The second-order valence-electron chi connectivity index (χ2n) is 5.79. The third-order valence-corrected chi connectivity index (χ3v) is 3.60. The minimum atomic E-state index is -1.66. The summed E-state index contributed by atoms with van der Waals surface area (Å²) in [6.07, 6.45) is 3.50. The molecule has 1 aromatic heterocycles. The number of para-hydroxylation sites is 1. The van der Waals surface area contributed by atoms with Gasteiger partial charge >= 0.3 is 0 Å². The number of aryl methyl sites for hydroxylation is 1. The van der Waals surface area contributed by atoms with Crippen LogP contribution < -0.4 is 4.43 Å². The van der Waals surface area contributed by atoms with E-state index in [1.165, 1.54) is 0 Å². The predicted octanol–water partition coefficient (Wildman–Crippen LogP) is 4.07. The smallest absolute Gasteiger partial charge is 0.242 e. The fourth-order valence-electron chi connectivity index (χ4n) is 1.87. The molecule has 0 amide bonds. The summed E-state index contributed by atoms with van der Waals surface area (Å²) in [6.45, 7) is 10.5. The zero-order chi connectivity index (χ0) is 14.8. The molecule has 0 aliphatic carbocycles. The zero-order valence-corrected chi connectivity index (χ0v) is 13.7. The normalized spacial score (nSPS) is 12.6. The molecule has 106 valence electrons. The number of nitrogens with zero attached hydrogens (tertiary/aromatic N) is 2. The maximum absolute atomic E-state index is 6.14. The van der Waals surface area contributed by atoms with Crippen molar-refractivity contribution in [1.29, 1.82) is 0 Å². The van der Waals surface area contributed by atoms with Gasteiger partial charge in [0, 0.05) is 6.20 Å². The van der Waals surface area contributed by atoms with Crippen LogP contribution in [-0.4, -0.2) is 24.0 Å². The molecular weight excluding hydrogens is 266 g/mol. The molecule has 20 heavy (non-hydrogen) atoms. The summed E-state index contributed by atoms with van der Waals surface area (Å²) in [4.78, 5) is 11.9. The highest BCUT2D eigenvalue weighted by molar-refractivity contribution is 6.70. The Morgan fingerprint density at radius 2 is 2.05 bits per heavy atom. The minimum Gasteiger partial charge on any atom is -0.543 e. The lowest BCUT2D eigenvalue weighted by molar-refractivity contribution is 0.558. The third kappa shape index (κ3) is 3.57. The molecule has 1 aromatic carbocycles. The maximum atomic E-state index is 6.14. The summed E-state index contributed by atoms with van der Waals surface area (Å²) in [7, 11) is -1.66. The molecule has 4 nitrogen and oxygen atoms in total. The van der Waals surface area contributed by atoms with E-state index in [2.05, 4.69) is 29.6 Å². The Labute approximate surface area is 121 Å². The van der Waals surface area contributed by atoms with Crippen LogP contribution in [0.2, 0.25) is 19.6 Å². The molecular formula is C15H21N3OSi. The molecule has 0 atom stereocenters. The van der Waals surface area contributed by atoms with Crippen molar-refractivity contribution in [2.45, 2.75) is 33.5 Å². The molecule has 0 unspecified atom stereocenters. The van der Waals surface area contributed by atoms with Crippen molar-refractivity contribution in [2.75, 3.05) is 0 Å². The van der Waals surface area contributed by atoms with Crippen molar-refractivity contribution < 1.29 is 4.43 Å². The lowest BCUT2D eigenvalue weighted by Crippen LogP contribution is -2.29. The number of aromatic nitrogens is 2.